The van der Waals surface area contributed by atoms with E-state index < -0.39 is 22.0 Å². The van der Waals surface area contributed by atoms with Gasteiger partial charge in [-0.2, -0.15) is 0 Å². The Morgan fingerprint density at radius 2 is 1.93 bits per heavy atom. The average Bonchev–Trinajstić information content (AvgIpc) is 2.99. The van der Waals surface area contributed by atoms with Crippen LogP contribution in [0.3, 0.4) is 0 Å². The number of nitrogens with one attached hydrogen (secondary N) is 2. The Labute approximate surface area is 161 Å². The van der Waals surface area contributed by atoms with Crippen LogP contribution in [0.15, 0.2) is 53.4 Å². The third-order valence-electron chi connectivity index (χ3n) is 4.02. The molecule has 0 radical (unpaired) electrons. The molecule has 1 saturated heterocycles. The van der Waals surface area contributed by atoms with Crippen molar-refractivity contribution in [2.75, 3.05) is 18.4 Å². The Morgan fingerprint density at radius 3 is 2.61 bits per heavy atom. The molecule has 2 aromatic carbocycles. The molecule has 0 spiro atoms. The first-order valence-corrected chi connectivity index (χ1v) is 9.67. The van der Waals surface area contributed by atoms with Crippen LogP contribution in [0.4, 0.5) is 10.5 Å². The zero-order valence-electron chi connectivity index (χ0n) is 14.8. The minimum atomic E-state index is -3.96. The van der Waals surface area contributed by atoms with Gasteiger partial charge < -0.3 is 10.1 Å². The molecule has 0 aliphatic carbocycles. The molecule has 28 heavy (non-hydrogen) atoms. The van der Waals surface area contributed by atoms with Crippen molar-refractivity contribution in [1.29, 1.82) is 0 Å². The molecule has 0 aromatic heterocycles. The molecule has 146 valence electrons. The summed E-state index contributed by atoms with van der Waals surface area (Å²) >= 11 is 0. The van der Waals surface area contributed by atoms with Gasteiger partial charge in [0.25, 0.3) is 10.0 Å². The van der Waals surface area contributed by atoms with Crippen LogP contribution in [0.25, 0.3) is 0 Å². The maximum absolute atomic E-state index is 12.6. The minimum absolute atomic E-state index is 0.0259. The molecule has 0 bridgehead atoms. The monoisotopic (exact) mass is 403 g/mol. The molecule has 9 nitrogen and oxygen atoms in total. The van der Waals surface area contributed by atoms with Gasteiger partial charge in [0.2, 0.25) is 5.91 Å². The van der Waals surface area contributed by atoms with Gasteiger partial charge >= 0.3 is 12.0 Å². The number of anilines is 1. The van der Waals surface area contributed by atoms with Crippen molar-refractivity contribution in [2.45, 2.75) is 11.4 Å². The van der Waals surface area contributed by atoms with Crippen molar-refractivity contribution >= 4 is 33.6 Å². The summed E-state index contributed by atoms with van der Waals surface area (Å²) in [7, 11) is -2.75. The molecule has 2 aromatic rings. The third kappa shape index (κ3) is 4.12. The fourth-order valence-electron chi connectivity index (χ4n) is 2.65. The minimum Gasteiger partial charge on any atom is -0.465 e. The fourth-order valence-corrected chi connectivity index (χ4v) is 3.75. The van der Waals surface area contributed by atoms with Crippen LogP contribution < -0.4 is 10.0 Å². The van der Waals surface area contributed by atoms with Gasteiger partial charge in [-0.05, 0) is 35.9 Å². The summed E-state index contributed by atoms with van der Waals surface area (Å²) in [6.07, 6.45) is 0. The third-order valence-corrected chi connectivity index (χ3v) is 5.40. The molecule has 1 heterocycles. The summed E-state index contributed by atoms with van der Waals surface area (Å²) in [6, 6.07) is 11.3. The van der Waals surface area contributed by atoms with Gasteiger partial charge in [0, 0.05) is 5.69 Å². The summed E-state index contributed by atoms with van der Waals surface area (Å²) in [5.74, 6) is -0.997. The lowest BCUT2D eigenvalue weighted by Gasteiger charge is -2.14. The number of rotatable bonds is 6. The molecule has 1 aliphatic rings. The Bertz CT molecular complexity index is 1030. The van der Waals surface area contributed by atoms with E-state index in [0.29, 0.717) is 5.56 Å². The van der Waals surface area contributed by atoms with Crippen LogP contribution in [-0.2, 0) is 26.1 Å². The molecule has 0 unspecified atom stereocenters. The lowest BCUT2D eigenvalue weighted by molar-refractivity contribution is -0.125. The van der Waals surface area contributed by atoms with E-state index in [0.717, 1.165) is 4.90 Å². The van der Waals surface area contributed by atoms with E-state index >= 15 is 0 Å². The van der Waals surface area contributed by atoms with E-state index in [1.165, 1.54) is 43.5 Å². The molecule has 3 amide bonds. The quantitative estimate of drug-likeness (QED) is 0.554. The maximum Gasteiger partial charge on any atom is 0.337 e. The van der Waals surface area contributed by atoms with Crippen LogP contribution in [0.2, 0.25) is 0 Å². The number of imide groups is 1. The average molecular weight is 403 g/mol. The number of amides is 3. The SMILES string of the molecule is COC(=O)c1cccc(S(=O)(=O)Nc2cccc(CN3C(=O)CNC3=O)c2)c1. The Morgan fingerprint density at radius 1 is 1.18 bits per heavy atom. The van der Waals surface area contributed by atoms with E-state index in [1.54, 1.807) is 12.1 Å². The maximum atomic E-state index is 12.6. The summed E-state index contributed by atoms with van der Waals surface area (Å²) in [6.45, 7) is -0.0280. The molecule has 1 fully saturated rings. The number of sulfonamides is 1. The molecule has 10 heteroatoms. The van der Waals surface area contributed by atoms with E-state index in [1.807, 2.05) is 0 Å². The first-order chi connectivity index (χ1) is 13.3. The van der Waals surface area contributed by atoms with Crippen LogP contribution in [-0.4, -0.2) is 44.9 Å². The fraction of sp³-hybridized carbons (Fsp3) is 0.167. The number of hydrogen-bond donors (Lipinski definition) is 2. The van der Waals surface area contributed by atoms with Gasteiger partial charge in [-0.3, -0.25) is 14.4 Å². The summed E-state index contributed by atoms with van der Waals surface area (Å²) < 4.78 is 32.3. The number of urea groups is 1. The van der Waals surface area contributed by atoms with Crippen molar-refractivity contribution < 1.29 is 27.5 Å². The molecular formula is C18H17N3O6S. The second kappa shape index (κ2) is 7.69. The lowest BCUT2D eigenvalue weighted by atomic mass is 10.2. The number of hydrogen-bond acceptors (Lipinski definition) is 6. The molecule has 0 atom stereocenters. The largest absolute Gasteiger partial charge is 0.465 e. The molecule has 3 rings (SSSR count). The highest BCUT2D eigenvalue weighted by atomic mass is 32.2. The molecule has 1 aliphatic heterocycles. The number of nitrogens with zero attached hydrogens (tertiary/aromatic N) is 1. The first-order valence-electron chi connectivity index (χ1n) is 8.18. The van der Waals surface area contributed by atoms with Gasteiger partial charge in [0.05, 0.1) is 30.7 Å². The van der Waals surface area contributed by atoms with E-state index in [-0.39, 0.29) is 35.1 Å². The van der Waals surface area contributed by atoms with Crippen LogP contribution in [0.5, 0.6) is 0 Å². The number of carbonyl (C=O) groups is 3. The molecule has 0 saturated carbocycles. The highest BCUT2D eigenvalue weighted by Gasteiger charge is 2.28. The van der Waals surface area contributed by atoms with Crippen molar-refractivity contribution in [3.63, 3.8) is 0 Å². The van der Waals surface area contributed by atoms with Gasteiger partial charge in [-0.15, -0.1) is 0 Å². The zero-order valence-corrected chi connectivity index (χ0v) is 15.7. The number of benzene rings is 2. The van der Waals surface area contributed by atoms with E-state index in [4.69, 9.17) is 0 Å². The Kier molecular flexibility index (Phi) is 5.32. The number of ether oxygens (including phenoxy) is 1. The molecular weight excluding hydrogens is 386 g/mol. The summed E-state index contributed by atoms with van der Waals surface area (Å²) in [5, 5.41) is 2.42. The Hall–Kier alpha value is -3.40. The number of esters is 1. The van der Waals surface area contributed by atoms with E-state index in [9.17, 15) is 22.8 Å². The predicted octanol–water partition coefficient (Wildman–Crippen LogP) is 1.33. The first kappa shape index (κ1) is 19.4. The summed E-state index contributed by atoms with van der Waals surface area (Å²) in [4.78, 5) is 35.9. The van der Waals surface area contributed by atoms with Crippen LogP contribution >= 0.6 is 0 Å². The van der Waals surface area contributed by atoms with Crippen molar-refractivity contribution in [3.8, 4) is 0 Å². The second-order valence-electron chi connectivity index (χ2n) is 5.96. The highest BCUT2D eigenvalue weighted by Crippen LogP contribution is 2.20. The predicted molar refractivity (Wildman–Crippen MR) is 99.0 cm³/mol. The smallest absolute Gasteiger partial charge is 0.337 e. The number of methoxy groups -OCH3 is 1. The van der Waals surface area contributed by atoms with Crippen molar-refractivity contribution in [1.82, 2.24) is 10.2 Å². The van der Waals surface area contributed by atoms with E-state index in [2.05, 4.69) is 14.8 Å². The standard InChI is InChI=1S/C18H17N3O6S/c1-27-17(23)13-5-3-7-15(9-13)28(25,26)20-14-6-2-4-12(8-14)11-21-16(22)10-19-18(21)24/h2-9,20H,10-11H2,1H3,(H,19,24). The second-order valence-corrected chi connectivity index (χ2v) is 7.65. The van der Waals surface area contributed by atoms with Gasteiger partial charge in [0.15, 0.2) is 0 Å². The van der Waals surface area contributed by atoms with Crippen LogP contribution in [0, 0.1) is 0 Å². The normalized spacial score (nSPS) is 14.0. The van der Waals surface area contributed by atoms with Crippen LogP contribution in [0.1, 0.15) is 15.9 Å². The summed E-state index contributed by atoms with van der Waals surface area (Å²) in [5.41, 5.74) is 0.944. The molecule has 2 N–H and O–H groups in total. The van der Waals surface area contributed by atoms with Gasteiger partial charge in [-0.25, -0.2) is 18.0 Å². The highest BCUT2D eigenvalue weighted by molar-refractivity contribution is 7.92. The van der Waals surface area contributed by atoms with Gasteiger partial charge in [0.1, 0.15) is 0 Å². The van der Waals surface area contributed by atoms with Crippen molar-refractivity contribution in [2.24, 2.45) is 0 Å². The van der Waals surface area contributed by atoms with Crippen molar-refractivity contribution in [3.05, 3.63) is 59.7 Å². The van der Waals surface area contributed by atoms with Gasteiger partial charge in [-0.1, -0.05) is 18.2 Å². The number of carbonyl (C=O) groups excluding carboxylic acids is 3. The lowest BCUT2D eigenvalue weighted by Crippen LogP contribution is -2.30. The Balaban J connectivity index is 1.80. The zero-order chi connectivity index (χ0) is 20.3. The topological polar surface area (TPSA) is 122 Å².